The third kappa shape index (κ3) is 4.52. The summed E-state index contributed by atoms with van der Waals surface area (Å²) in [5.41, 5.74) is 2.93. The van der Waals surface area contributed by atoms with Crippen LogP contribution in [0.2, 0.25) is 0 Å². The van der Waals surface area contributed by atoms with Gasteiger partial charge in [0.25, 0.3) is 5.91 Å². The lowest BCUT2D eigenvalue weighted by Crippen LogP contribution is -2.12. The predicted octanol–water partition coefficient (Wildman–Crippen LogP) is 4.78. The maximum absolute atomic E-state index is 12.3. The average Bonchev–Trinajstić information content (AvgIpc) is 3.03. The van der Waals surface area contributed by atoms with Crippen LogP contribution in [0, 0.1) is 0 Å². The first-order valence-corrected chi connectivity index (χ1v) is 9.09. The van der Waals surface area contributed by atoms with Crippen molar-refractivity contribution in [2.45, 2.75) is 6.92 Å². The molecule has 5 nitrogen and oxygen atoms in total. The van der Waals surface area contributed by atoms with Crippen LogP contribution in [0.4, 0.5) is 10.8 Å². The van der Waals surface area contributed by atoms with Gasteiger partial charge in [0.15, 0.2) is 5.13 Å². The molecule has 126 valence electrons. The molecule has 0 aliphatic carbocycles. The molecule has 2 N–H and O–H groups in total. The van der Waals surface area contributed by atoms with Crippen LogP contribution in [0.5, 0.6) is 0 Å². The number of aromatic nitrogens is 1. The SMILES string of the molecule is CC(=O)Nc1ccc(C(=O)Nc2nc(-c3cccc(Br)c3)cs2)cc1. The minimum atomic E-state index is -0.246. The molecule has 0 aliphatic rings. The Morgan fingerprint density at radius 1 is 1.08 bits per heavy atom. The van der Waals surface area contributed by atoms with Gasteiger partial charge in [0, 0.05) is 33.6 Å². The number of amides is 2. The number of carbonyl (C=O) groups is 2. The number of hydrogen-bond donors (Lipinski definition) is 2. The largest absolute Gasteiger partial charge is 0.326 e. The van der Waals surface area contributed by atoms with E-state index in [9.17, 15) is 9.59 Å². The lowest BCUT2D eigenvalue weighted by molar-refractivity contribution is -0.114. The zero-order valence-electron chi connectivity index (χ0n) is 13.2. The van der Waals surface area contributed by atoms with Gasteiger partial charge in [0.2, 0.25) is 5.91 Å². The average molecular weight is 416 g/mol. The van der Waals surface area contributed by atoms with E-state index in [1.807, 2.05) is 29.6 Å². The van der Waals surface area contributed by atoms with Gasteiger partial charge < -0.3 is 5.32 Å². The molecule has 0 saturated carbocycles. The number of anilines is 2. The fraction of sp³-hybridized carbons (Fsp3) is 0.0556. The first-order chi connectivity index (χ1) is 12.0. The fourth-order valence-electron chi connectivity index (χ4n) is 2.19. The number of nitrogens with one attached hydrogen (secondary N) is 2. The van der Waals surface area contributed by atoms with Crippen LogP contribution in [-0.2, 0) is 4.79 Å². The van der Waals surface area contributed by atoms with Crippen LogP contribution in [0.3, 0.4) is 0 Å². The van der Waals surface area contributed by atoms with Crippen molar-refractivity contribution in [3.63, 3.8) is 0 Å². The summed E-state index contributed by atoms with van der Waals surface area (Å²) in [6.45, 7) is 1.44. The van der Waals surface area contributed by atoms with Crippen molar-refractivity contribution in [2.75, 3.05) is 10.6 Å². The minimum Gasteiger partial charge on any atom is -0.326 e. The Morgan fingerprint density at radius 3 is 2.52 bits per heavy atom. The van der Waals surface area contributed by atoms with Gasteiger partial charge in [-0.1, -0.05) is 28.1 Å². The molecule has 0 radical (unpaired) electrons. The van der Waals surface area contributed by atoms with Crippen LogP contribution in [0.25, 0.3) is 11.3 Å². The predicted molar refractivity (Wildman–Crippen MR) is 104 cm³/mol. The van der Waals surface area contributed by atoms with Gasteiger partial charge in [-0.05, 0) is 36.4 Å². The number of hydrogen-bond acceptors (Lipinski definition) is 4. The van der Waals surface area contributed by atoms with Gasteiger partial charge in [0.05, 0.1) is 5.69 Å². The summed E-state index contributed by atoms with van der Waals surface area (Å²) in [5.74, 6) is -0.399. The Bertz CT molecular complexity index is 922. The van der Waals surface area contributed by atoms with E-state index < -0.39 is 0 Å². The zero-order chi connectivity index (χ0) is 17.8. The third-order valence-electron chi connectivity index (χ3n) is 3.31. The first-order valence-electron chi connectivity index (χ1n) is 7.42. The summed E-state index contributed by atoms with van der Waals surface area (Å²) in [5, 5.41) is 7.89. The molecule has 3 rings (SSSR count). The number of halogens is 1. The molecule has 2 amide bonds. The summed E-state index contributed by atoms with van der Waals surface area (Å²) in [6, 6.07) is 14.5. The van der Waals surface area contributed by atoms with Crippen LogP contribution in [0.15, 0.2) is 58.4 Å². The van der Waals surface area contributed by atoms with Gasteiger partial charge in [-0.2, -0.15) is 0 Å². The Kier molecular flexibility index (Phi) is 5.25. The van der Waals surface area contributed by atoms with Crippen molar-refractivity contribution in [1.29, 1.82) is 0 Å². The molecule has 0 spiro atoms. The second-order valence-electron chi connectivity index (χ2n) is 5.26. The van der Waals surface area contributed by atoms with Crippen LogP contribution >= 0.6 is 27.3 Å². The highest BCUT2D eigenvalue weighted by Gasteiger charge is 2.10. The normalized spacial score (nSPS) is 10.3. The summed E-state index contributed by atoms with van der Waals surface area (Å²) in [7, 11) is 0. The van der Waals surface area contributed by atoms with Crippen LogP contribution in [-0.4, -0.2) is 16.8 Å². The third-order valence-corrected chi connectivity index (χ3v) is 4.56. The van der Waals surface area contributed by atoms with Crippen molar-refractivity contribution in [3.05, 3.63) is 63.9 Å². The molecule has 1 aromatic heterocycles. The highest BCUT2D eigenvalue weighted by molar-refractivity contribution is 9.10. The summed E-state index contributed by atoms with van der Waals surface area (Å²) >= 11 is 4.81. The Labute approximate surface area is 157 Å². The summed E-state index contributed by atoms with van der Waals surface area (Å²) < 4.78 is 0.975. The monoisotopic (exact) mass is 415 g/mol. The van der Waals surface area contributed by atoms with Crippen molar-refractivity contribution in [1.82, 2.24) is 4.98 Å². The molecule has 0 atom stereocenters. The number of thiazole rings is 1. The number of carbonyl (C=O) groups excluding carboxylic acids is 2. The molecule has 0 bridgehead atoms. The molecule has 25 heavy (non-hydrogen) atoms. The molecule has 3 aromatic rings. The van der Waals surface area contributed by atoms with Gasteiger partial charge >= 0.3 is 0 Å². The van der Waals surface area contributed by atoms with Crippen LogP contribution in [0.1, 0.15) is 17.3 Å². The molecule has 2 aromatic carbocycles. The molecule has 0 aliphatic heterocycles. The molecule has 0 fully saturated rings. The van der Waals surface area contributed by atoms with E-state index in [1.165, 1.54) is 18.3 Å². The molecule has 7 heteroatoms. The van der Waals surface area contributed by atoms with Crippen molar-refractivity contribution in [3.8, 4) is 11.3 Å². The fourth-order valence-corrected chi connectivity index (χ4v) is 3.30. The lowest BCUT2D eigenvalue weighted by atomic mass is 10.2. The van der Waals surface area contributed by atoms with E-state index in [-0.39, 0.29) is 11.8 Å². The van der Waals surface area contributed by atoms with E-state index in [2.05, 4.69) is 31.5 Å². The second-order valence-corrected chi connectivity index (χ2v) is 7.03. The van der Waals surface area contributed by atoms with Crippen molar-refractivity contribution in [2.24, 2.45) is 0 Å². The maximum atomic E-state index is 12.3. The van der Waals surface area contributed by atoms with Crippen molar-refractivity contribution < 1.29 is 9.59 Å². The maximum Gasteiger partial charge on any atom is 0.257 e. The van der Waals surface area contributed by atoms with E-state index in [1.54, 1.807) is 24.3 Å². The topological polar surface area (TPSA) is 71.1 Å². The molecular weight excluding hydrogens is 402 g/mol. The molecular formula is C18H14BrN3O2S. The van der Waals surface area contributed by atoms with Gasteiger partial charge in [-0.25, -0.2) is 4.98 Å². The van der Waals surface area contributed by atoms with E-state index >= 15 is 0 Å². The lowest BCUT2D eigenvalue weighted by Gasteiger charge is -2.04. The van der Waals surface area contributed by atoms with Gasteiger partial charge in [0.1, 0.15) is 0 Å². The number of rotatable bonds is 4. The van der Waals surface area contributed by atoms with Gasteiger partial charge in [-0.15, -0.1) is 11.3 Å². The summed E-state index contributed by atoms with van der Waals surface area (Å²) in [6.07, 6.45) is 0. The van der Waals surface area contributed by atoms with E-state index in [0.717, 1.165) is 15.7 Å². The smallest absolute Gasteiger partial charge is 0.257 e. The standard InChI is InChI=1S/C18H14BrN3O2S/c1-11(23)20-15-7-5-12(6-8-15)17(24)22-18-21-16(10-25-18)13-3-2-4-14(19)9-13/h2-10H,1H3,(H,20,23)(H,21,22,24). The highest BCUT2D eigenvalue weighted by Crippen LogP contribution is 2.27. The Morgan fingerprint density at radius 2 is 1.84 bits per heavy atom. The number of nitrogens with zero attached hydrogens (tertiary/aromatic N) is 1. The molecule has 1 heterocycles. The van der Waals surface area contributed by atoms with E-state index in [4.69, 9.17) is 0 Å². The Hall–Kier alpha value is -2.51. The van der Waals surface area contributed by atoms with Crippen LogP contribution < -0.4 is 10.6 Å². The summed E-state index contributed by atoms with van der Waals surface area (Å²) in [4.78, 5) is 27.8. The molecule has 0 saturated heterocycles. The molecule has 0 unspecified atom stereocenters. The first kappa shape index (κ1) is 17.3. The zero-order valence-corrected chi connectivity index (χ0v) is 15.6. The second kappa shape index (κ2) is 7.58. The minimum absolute atomic E-state index is 0.153. The van der Waals surface area contributed by atoms with E-state index in [0.29, 0.717) is 16.4 Å². The quantitative estimate of drug-likeness (QED) is 0.643. The van der Waals surface area contributed by atoms with Gasteiger partial charge in [-0.3, -0.25) is 14.9 Å². The van der Waals surface area contributed by atoms with Crippen molar-refractivity contribution >= 4 is 49.9 Å². The number of benzene rings is 2. The Balaban J connectivity index is 1.70. The highest BCUT2D eigenvalue weighted by atomic mass is 79.9.